The van der Waals surface area contributed by atoms with Crippen molar-refractivity contribution < 1.29 is 14.4 Å². The number of hydrogen-bond acceptors (Lipinski definition) is 5. The normalized spacial score (nSPS) is 10.7. The van der Waals surface area contributed by atoms with Crippen LogP contribution >= 0.6 is 23.2 Å². The van der Waals surface area contributed by atoms with E-state index < -0.39 is 22.0 Å². The third-order valence-corrected chi connectivity index (χ3v) is 2.56. The Morgan fingerprint density at radius 2 is 2.00 bits per heavy atom. The maximum absolute atomic E-state index is 11.3. The highest BCUT2D eigenvalue weighted by atomic mass is 35.5. The van der Waals surface area contributed by atoms with E-state index in [2.05, 4.69) is 4.42 Å². The molecule has 0 saturated carbocycles. The van der Waals surface area contributed by atoms with Crippen LogP contribution in [0.2, 0.25) is 10.0 Å². The van der Waals surface area contributed by atoms with Crippen LogP contribution in [0.4, 0.5) is 5.69 Å². The Morgan fingerprint density at radius 1 is 1.35 bits per heavy atom. The zero-order valence-electron chi connectivity index (χ0n) is 7.94. The predicted octanol–water partition coefficient (Wildman–Crippen LogP) is 2.71. The average molecular weight is 276 g/mol. The molecular formula is C9H3Cl2NO5. The summed E-state index contributed by atoms with van der Waals surface area (Å²) in [6, 6.07) is 2.51. The molecule has 2 rings (SSSR count). The van der Waals surface area contributed by atoms with Crippen molar-refractivity contribution >= 4 is 39.9 Å². The summed E-state index contributed by atoms with van der Waals surface area (Å²) in [5, 5.41) is 20.3. The first-order valence-corrected chi connectivity index (χ1v) is 4.96. The van der Waals surface area contributed by atoms with E-state index in [1.807, 2.05) is 0 Å². The minimum absolute atomic E-state index is 0.0187. The highest BCUT2D eigenvalue weighted by Crippen LogP contribution is 2.36. The Balaban J connectivity index is 3.02. The van der Waals surface area contributed by atoms with Gasteiger partial charge in [-0.25, -0.2) is 4.79 Å². The van der Waals surface area contributed by atoms with E-state index in [9.17, 15) is 20.0 Å². The second-order valence-electron chi connectivity index (χ2n) is 3.11. The number of hydrogen-bond donors (Lipinski definition) is 1. The van der Waals surface area contributed by atoms with Gasteiger partial charge in [0.25, 0.3) is 0 Å². The molecule has 1 aromatic carbocycles. The fourth-order valence-electron chi connectivity index (χ4n) is 1.37. The molecule has 0 aliphatic rings. The van der Waals surface area contributed by atoms with E-state index in [-0.39, 0.29) is 21.0 Å². The van der Waals surface area contributed by atoms with Crippen LogP contribution in [0.1, 0.15) is 0 Å². The van der Waals surface area contributed by atoms with Gasteiger partial charge in [0.1, 0.15) is 0 Å². The summed E-state index contributed by atoms with van der Waals surface area (Å²) in [7, 11) is 0. The summed E-state index contributed by atoms with van der Waals surface area (Å²) in [6.07, 6.45) is 0. The lowest BCUT2D eigenvalue weighted by Crippen LogP contribution is -2.07. The summed E-state index contributed by atoms with van der Waals surface area (Å²) >= 11 is 11.4. The second kappa shape index (κ2) is 3.90. The highest BCUT2D eigenvalue weighted by Gasteiger charge is 2.25. The van der Waals surface area contributed by atoms with E-state index in [1.165, 1.54) is 12.1 Å². The van der Waals surface area contributed by atoms with Crippen molar-refractivity contribution in [3.63, 3.8) is 0 Å². The van der Waals surface area contributed by atoms with E-state index in [0.29, 0.717) is 0 Å². The fourth-order valence-corrected chi connectivity index (χ4v) is 1.90. The molecule has 0 bridgehead atoms. The van der Waals surface area contributed by atoms with E-state index >= 15 is 0 Å². The van der Waals surface area contributed by atoms with Crippen molar-refractivity contribution in [1.29, 1.82) is 0 Å². The van der Waals surface area contributed by atoms with Crippen LogP contribution in [0.25, 0.3) is 11.0 Å². The molecule has 88 valence electrons. The predicted molar refractivity (Wildman–Crippen MR) is 60.8 cm³/mol. The van der Waals surface area contributed by atoms with Crippen molar-refractivity contribution in [2.75, 3.05) is 0 Å². The molecule has 0 aliphatic heterocycles. The van der Waals surface area contributed by atoms with Crippen LogP contribution in [0.5, 0.6) is 5.75 Å². The monoisotopic (exact) mass is 275 g/mol. The number of aromatic hydroxyl groups is 1. The Kier molecular flexibility index (Phi) is 2.68. The van der Waals surface area contributed by atoms with Crippen molar-refractivity contribution in [2.24, 2.45) is 0 Å². The number of nitrogens with zero attached hydrogens (tertiary/aromatic N) is 1. The van der Waals surface area contributed by atoms with Crippen LogP contribution in [0.3, 0.4) is 0 Å². The standard InChI is InChI=1S/C9H3Cl2NO5/c10-3-1-4-7(13)6(12(15)16)9(14)17-8(4)5(11)2-3/h1-2,13H. The Morgan fingerprint density at radius 3 is 2.59 bits per heavy atom. The lowest BCUT2D eigenvalue weighted by atomic mass is 10.2. The van der Waals surface area contributed by atoms with Gasteiger partial charge in [-0.15, -0.1) is 0 Å². The first-order valence-electron chi connectivity index (χ1n) is 4.21. The summed E-state index contributed by atoms with van der Waals surface area (Å²) in [4.78, 5) is 20.8. The molecule has 0 atom stereocenters. The Hall–Kier alpha value is -1.79. The summed E-state index contributed by atoms with van der Waals surface area (Å²) in [5.41, 5.74) is -2.47. The summed E-state index contributed by atoms with van der Waals surface area (Å²) in [6.45, 7) is 0. The Bertz CT molecular complexity index is 694. The van der Waals surface area contributed by atoms with Gasteiger partial charge in [-0.05, 0) is 12.1 Å². The van der Waals surface area contributed by atoms with Crippen molar-refractivity contribution in [3.05, 3.63) is 42.7 Å². The molecule has 0 aliphatic carbocycles. The van der Waals surface area contributed by atoms with Gasteiger partial charge in [0.15, 0.2) is 5.58 Å². The number of halogens is 2. The van der Waals surface area contributed by atoms with Gasteiger partial charge < -0.3 is 9.52 Å². The SMILES string of the molecule is O=c1oc2c(Cl)cc(Cl)cc2c(O)c1[N+](=O)[O-]. The van der Waals surface area contributed by atoms with E-state index in [1.54, 1.807) is 0 Å². The lowest BCUT2D eigenvalue weighted by Gasteiger charge is -2.02. The van der Waals surface area contributed by atoms with Gasteiger partial charge in [0.2, 0.25) is 5.75 Å². The average Bonchev–Trinajstić information content (AvgIpc) is 2.19. The summed E-state index contributed by atoms with van der Waals surface area (Å²) < 4.78 is 4.67. The van der Waals surface area contributed by atoms with E-state index in [0.717, 1.165) is 0 Å². The number of fused-ring (bicyclic) bond motifs is 1. The third kappa shape index (κ3) is 1.81. The molecule has 8 heteroatoms. The van der Waals surface area contributed by atoms with Crippen LogP contribution in [0.15, 0.2) is 21.3 Å². The van der Waals surface area contributed by atoms with Gasteiger partial charge in [-0.3, -0.25) is 10.1 Å². The quantitative estimate of drug-likeness (QED) is 0.491. The summed E-state index contributed by atoms with van der Waals surface area (Å²) in [5.74, 6) is -0.814. The Labute approximate surface area is 103 Å². The minimum Gasteiger partial charge on any atom is -0.501 e. The fraction of sp³-hybridized carbons (Fsp3) is 0. The highest BCUT2D eigenvalue weighted by molar-refractivity contribution is 6.38. The zero-order chi connectivity index (χ0) is 12.7. The molecule has 0 radical (unpaired) electrons. The molecule has 0 unspecified atom stereocenters. The smallest absolute Gasteiger partial charge is 0.419 e. The third-order valence-electron chi connectivity index (χ3n) is 2.06. The molecule has 1 N–H and O–H groups in total. The van der Waals surface area contributed by atoms with Crippen LogP contribution < -0.4 is 5.63 Å². The van der Waals surface area contributed by atoms with Crippen LogP contribution in [-0.2, 0) is 0 Å². The first kappa shape index (κ1) is 11.7. The molecular weight excluding hydrogens is 273 g/mol. The lowest BCUT2D eigenvalue weighted by molar-refractivity contribution is -0.388. The van der Waals surface area contributed by atoms with Crippen molar-refractivity contribution in [1.82, 2.24) is 0 Å². The van der Waals surface area contributed by atoms with Gasteiger partial charge in [0, 0.05) is 5.02 Å². The van der Waals surface area contributed by atoms with Gasteiger partial charge in [0.05, 0.1) is 15.3 Å². The molecule has 0 spiro atoms. The molecule has 17 heavy (non-hydrogen) atoms. The molecule has 0 fully saturated rings. The molecule has 0 saturated heterocycles. The van der Waals surface area contributed by atoms with Crippen molar-refractivity contribution in [2.45, 2.75) is 0 Å². The number of rotatable bonds is 1. The van der Waals surface area contributed by atoms with Crippen LogP contribution in [-0.4, -0.2) is 10.0 Å². The molecule has 2 aromatic rings. The zero-order valence-corrected chi connectivity index (χ0v) is 9.45. The molecule has 1 aromatic heterocycles. The molecule has 6 nitrogen and oxygen atoms in total. The first-order chi connectivity index (χ1) is 7.91. The second-order valence-corrected chi connectivity index (χ2v) is 3.95. The van der Waals surface area contributed by atoms with Gasteiger partial charge in [-0.1, -0.05) is 23.2 Å². The maximum atomic E-state index is 11.3. The number of nitro groups is 1. The largest absolute Gasteiger partial charge is 0.501 e. The molecule has 1 heterocycles. The topological polar surface area (TPSA) is 93.6 Å². The van der Waals surface area contributed by atoms with Crippen LogP contribution in [0, 0.1) is 10.1 Å². The maximum Gasteiger partial charge on any atom is 0.419 e. The van der Waals surface area contributed by atoms with Crippen molar-refractivity contribution in [3.8, 4) is 5.75 Å². The minimum atomic E-state index is -1.27. The van der Waals surface area contributed by atoms with E-state index in [4.69, 9.17) is 23.2 Å². The van der Waals surface area contributed by atoms with Gasteiger partial charge in [-0.2, -0.15) is 0 Å². The number of benzene rings is 1. The van der Waals surface area contributed by atoms with Gasteiger partial charge >= 0.3 is 11.3 Å². The molecule has 0 amide bonds.